The van der Waals surface area contributed by atoms with Gasteiger partial charge in [0.15, 0.2) is 12.4 Å². The van der Waals surface area contributed by atoms with Gasteiger partial charge >= 0.3 is 0 Å². The molecule has 0 aliphatic rings. The van der Waals surface area contributed by atoms with E-state index in [1.54, 1.807) is 30.3 Å². The molecule has 0 aliphatic carbocycles. The average molecular weight is 496 g/mol. The van der Waals surface area contributed by atoms with Crippen molar-refractivity contribution in [3.05, 3.63) is 112 Å². The average Bonchev–Trinajstić information content (AvgIpc) is 3.36. The highest BCUT2D eigenvalue weighted by atomic mass is 35.5. The number of aromatic nitrogens is 3. The number of benzene rings is 4. The molecule has 0 spiro atoms. The summed E-state index contributed by atoms with van der Waals surface area (Å²) in [6, 6.07) is 24.3. The highest BCUT2D eigenvalue weighted by molar-refractivity contribution is 6.33. The molecule has 0 radical (unpaired) electrons. The van der Waals surface area contributed by atoms with Gasteiger partial charge < -0.3 is 10.2 Å². The van der Waals surface area contributed by atoms with Crippen molar-refractivity contribution < 1.29 is 4.73 Å². The molecule has 0 fully saturated rings. The number of H-pyrrole nitrogens is 1. The lowest BCUT2D eigenvalue weighted by atomic mass is 9.98. The molecule has 6 rings (SSSR count). The van der Waals surface area contributed by atoms with Crippen LogP contribution in [0.25, 0.3) is 44.0 Å². The van der Waals surface area contributed by atoms with E-state index >= 15 is 0 Å². The fourth-order valence-electron chi connectivity index (χ4n) is 4.56. The number of fused-ring (bicyclic) bond motifs is 6. The first-order chi connectivity index (χ1) is 18.1. The number of hydrogen-bond acceptors (Lipinski definition) is 4. The molecule has 0 atom stereocenters. The maximum absolute atomic E-state index is 11.6. The predicted octanol–water partition coefficient (Wildman–Crippen LogP) is 5.97. The number of nitriles is 2. The van der Waals surface area contributed by atoms with Crippen molar-refractivity contribution in [1.29, 1.82) is 10.5 Å². The molecule has 172 valence electrons. The van der Waals surface area contributed by atoms with Crippen molar-refractivity contribution in [3.8, 4) is 35.4 Å². The van der Waals surface area contributed by atoms with Crippen LogP contribution in [0.2, 0.25) is 5.02 Å². The number of halogens is 1. The molecule has 2 heterocycles. The Labute approximate surface area is 216 Å². The van der Waals surface area contributed by atoms with E-state index < -0.39 is 0 Å². The molecule has 0 saturated heterocycles. The van der Waals surface area contributed by atoms with Gasteiger partial charge in [0.2, 0.25) is 0 Å². The molecule has 0 aliphatic heterocycles. The Kier molecular flexibility index (Phi) is 5.21. The second-order valence-corrected chi connectivity index (χ2v) is 8.85. The molecular weight excluding hydrogens is 482 g/mol. The summed E-state index contributed by atoms with van der Waals surface area (Å²) < 4.78 is 0.717. The van der Waals surface area contributed by atoms with E-state index in [9.17, 15) is 15.7 Å². The molecular formula is C30H14ClN5O. The number of pyridine rings is 1. The summed E-state index contributed by atoms with van der Waals surface area (Å²) in [7, 11) is 0. The molecule has 0 saturated carbocycles. The number of rotatable bonds is 1. The van der Waals surface area contributed by atoms with Crippen LogP contribution in [-0.2, 0) is 0 Å². The van der Waals surface area contributed by atoms with Gasteiger partial charge in [-0.05, 0) is 53.2 Å². The monoisotopic (exact) mass is 495 g/mol. The lowest BCUT2D eigenvalue weighted by Crippen LogP contribution is -2.24. The van der Waals surface area contributed by atoms with E-state index in [0.29, 0.717) is 43.3 Å². The number of hydrogen-bond donors (Lipinski definition) is 1. The standard InChI is InChI=1S/C30H14ClN5O/c31-22-9-11-24-26(14-22)25-13-18(6-7-19-3-2-12-36(37)17-19)8-10-23(25)28-29(24)35-30(34-28)27-20(15-32)4-1-5-21(27)16-33/h1-5,8-14,17H,(H,34,35). The van der Waals surface area contributed by atoms with Gasteiger partial charge in [0.05, 0.1) is 45.4 Å². The fourth-order valence-corrected chi connectivity index (χ4v) is 4.73. The van der Waals surface area contributed by atoms with Crippen LogP contribution in [0.3, 0.4) is 0 Å². The first-order valence-corrected chi connectivity index (χ1v) is 11.6. The predicted molar refractivity (Wildman–Crippen MR) is 142 cm³/mol. The molecule has 2 aromatic heterocycles. The SMILES string of the molecule is N#Cc1cccc(C#N)c1-c1nc2c3ccc(Cl)cc3c3cc(C#Cc4ccc[n+]([O-])c4)ccc3c2[nH]1. The minimum atomic E-state index is 0.368. The van der Waals surface area contributed by atoms with Gasteiger partial charge in [-0.25, -0.2) is 4.98 Å². The Morgan fingerprint density at radius 3 is 2.30 bits per heavy atom. The van der Waals surface area contributed by atoms with Crippen LogP contribution in [0.5, 0.6) is 0 Å². The number of imidazole rings is 1. The van der Waals surface area contributed by atoms with E-state index in [4.69, 9.17) is 16.6 Å². The smallest absolute Gasteiger partial charge is 0.196 e. The van der Waals surface area contributed by atoms with Gasteiger partial charge in [-0.15, -0.1) is 0 Å². The van der Waals surface area contributed by atoms with E-state index in [0.717, 1.165) is 32.6 Å². The maximum Gasteiger partial charge on any atom is 0.196 e. The van der Waals surface area contributed by atoms with Crippen LogP contribution in [-0.4, -0.2) is 9.97 Å². The van der Waals surface area contributed by atoms with Crippen LogP contribution >= 0.6 is 11.6 Å². The minimum Gasteiger partial charge on any atom is -0.619 e. The molecule has 7 heteroatoms. The molecule has 6 nitrogen and oxygen atoms in total. The van der Waals surface area contributed by atoms with Gasteiger partial charge in [0.25, 0.3) is 0 Å². The Morgan fingerprint density at radius 2 is 1.54 bits per heavy atom. The van der Waals surface area contributed by atoms with Crippen LogP contribution in [0.4, 0.5) is 0 Å². The lowest BCUT2D eigenvalue weighted by molar-refractivity contribution is -0.605. The minimum absolute atomic E-state index is 0.368. The zero-order chi connectivity index (χ0) is 25.5. The molecule has 1 N–H and O–H groups in total. The van der Waals surface area contributed by atoms with Crippen LogP contribution in [0.1, 0.15) is 22.3 Å². The van der Waals surface area contributed by atoms with Gasteiger partial charge in [-0.3, -0.25) is 0 Å². The normalized spacial score (nSPS) is 10.7. The zero-order valence-electron chi connectivity index (χ0n) is 19.1. The van der Waals surface area contributed by atoms with Gasteiger partial charge in [0, 0.05) is 27.4 Å². The Morgan fingerprint density at radius 1 is 0.811 bits per heavy atom. The summed E-state index contributed by atoms with van der Waals surface area (Å²) in [5.41, 5.74) is 4.10. The van der Waals surface area contributed by atoms with Crippen molar-refractivity contribution in [2.45, 2.75) is 0 Å². The summed E-state index contributed by atoms with van der Waals surface area (Å²) in [4.78, 5) is 8.23. The Bertz CT molecular complexity index is 2020. The third-order valence-electron chi connectivity index (χ3n) is 6.19. The summed E-state index contributed by atoms with van der Waals surface area (Å²) in [5, 5.41) is 35.1. The largest absolute Gasteiger partial charge is 0.619 e. The number of nitrogens with one attached hydrogen (secondary N) is 1. The first kappa shape index (κ1) is 22.1. The van der Waals surface area contributed by atoms with E-state index in [1.165, 1.54) is 12.4 Å². The third-order valence-corrected chi connectivity index (χ3v) is 6.42. The van der Waals surface area contributed by atoms with E-state index in [1.807, 2.05) is 36.4 Å². The van der Waals surface area contributed by atoms with Crippen LogP contribution in [0, 0.1) is 39.7 Å². The Balaban J connectivity index is 1.63. The molecule has 0 unspecified atom stereocenters. The molecule has 6 aromatic rings. The number of aromatic amines is 1. The summed E-state index contributed by atoms with van der Waals surface area (Å²) >= 11 is 6.39. The topological polar surface area (TPSA) is 103 Å². The van der Waals surface area contributed by atoms with Crippen molar-refractivity contribution in [1.82, 2.24) is 9.97 Å². The summed E-state index contributed by atoms with van der Waals surface area (Å²) in [6.45, 7) is 0. The van der Waals surface area contributed by atoms with Gasteiger partial charge in [-0.2, -0.15) is 15.3 Å². The molecule has 4 aromatic carbocycles. The molecule has 0 bridgehead atoms. The van der Waals surface area contributed by atoms with Crippen molar-refractivity contribution in [3.63, 3.8) is 0 Å². The second kappa shape index (κ2) is 8.70. The second-order valence-electron chi connectivity index (χ2n) is 8.41. The molecule has 37 heavy (non-hydrogen) atoms. The van der Waals surface area contributed by atoms with Crippen LogP contribution < -0.4 is 4.73 Å². The third kappa shape index (κ3) is 3.77. The van der Waals surface area contributed by atoms with E-state index in [-0.39, 0.29) is 0 Å². The zero-order valence-corrected chi connectivity index (χ0v) is 19.8. The van der Waals surface area contributed by atoms with Crippen molar-refractivity contribution >= 4 is 44.2 Å². The van der Waals surface area contributed by atoms with Crippen molar-refractivity contribution in [2.24, 2.45) is 0 Å². The highest BCUT2D eigenvalue weighted by Gasteiger charge is 2.18. The molecule has 0 amide bonds. The summed E-state index contributed by atoms with van der Waals surface area (Å²) in [5.74, 6) is 6.62. The highest BCUT2D eigenvalue weighted by Crippen LogP contribution is 2.37. The maximum atomic E-state index is 11.6. The Hall–Kier alpha value is -5.35. The lowest BCUT2D eigenvalue weighted by Gasteiger charge is -2.07. The summed E-state index contributed by atoms with van der Waals surface area (Å²) in [6.07, 6.45) is 2.84. The van der Waals surface area contributed by atoms with Gasteiger partial charge in [-0.1, -0.05) is 41.6 Å². The quantitative estimate of drug-likeness (QED) is 0.131. The van der Waals surface area contributed by atoms with E-state index in [2.05, 4.69) is 29.0 Å². The first-order valence-electron chi connectivity index (χ1n) is 11.2. The number of nitrogens with zero attached hydrogens (tertiary/aromatic N) is 4. The van der Waals surface area contributed by atoms with Crippen molar-refractivity contribution in [2.75, 3.05) is 0 Å². The fraction of sp³-hybridized carbons (Fsp3) is 0. The van der Waals surface area contributed by atoms with Gasteiger partial charge in [0.1, 0.15) is 5.82 Å². The van der Waals surface area contributed by atoms with Crippen LogP contribution in [0.15, 0.2) is 79.1 Å².